The van der Waals surface area contributed by atoms with Gasteiger partial charge in [0.2, 0.25) is 5.91 Å². The van der Waals surface area contributed by atoms with Gasteiger partial charge in [-0.3, -0.25) is 9.59 Å². The fraction of sp³-hybridized carbons (Fsp3) is 0.192. The van der Waals surface area contributed by atoms with E-state index < -0.39 is 6.16 Å². The van der Waals surface area contributed by atoms with Gasteiger partial charge in [-0.25, -0.2) is 4.79 Å². The molecule has 0 saturated heterocycles. The summed E-state index contributed by atoms with van der Waals surface area (Å²) in [5.74, 6) is -0.0462. The second-order valence-corrected chi connectivity index (χ2v) is 7.23. The lowest BCUT2D eigenvalue weighted by molar-refractivity contribution is -0.121. The van der Waals surface area contributed by atoms with Crippen molar-refractivity contribution in [3.05, 3.63) is 95.6 Å². The van der Waals surface area contributed by atoms with Crippen molar-refractivity contribution in [2.24, 2.45) is 0 Å². The van der Waals surface area contributed by atoms with Gasteiger partial charge in [-0.15, -0.1) is 0 Å². The van der Waals surface area contributed by atoms with Crippen molar-refractivity contribution >= 4 is 23.7 Å². The summed E-state index contributed by atoms with van der Waals surface area (Å²) >= 11 is 0. The number of hydrogen-bond donors (Lipinski definition) is 2. The van der Waals surface area contributed by atoms with Crippen LogP contribution < -0.4 is 15.4 Å². The molecule has 0 aliphatic rings. The Labute approximate surface area is 192 Å². The molecule has 3 rings (SSSR count). The third-order valence-electron chi connectivity index (χ3n) is 4.74. The van der Waals surface area contributed by atoms with Gasteiger partial charge in [0, 0.05) is 24.2 Å². The highest BCUT2D eigenvalue weighted by molar-refractivity contribution is 6.04. The second-order valence-electron chi connectivity index (χ2n) is 7.23. The molecule has 0 saturated carbocycles. The molecule has 2 N–H and O–H groups in total. The molecule has 0 heterocycles. The second kappa shape index (κ2) is 12.0. The van der Waals surface area contributed by atoms with Gasteiger partial charge in [0.25, 0.3) is 5.91 Å². The number of nitrogens with one attached hydrogen (secondary N) is 2. The third-order valence-corrected chi connectivity index (χ3v) is 4.74. The lowest BCUT2D eigenvalue weighted by atomic mass is 10.1. The van der Waals surface area contributed by atoms with Crippen LogP contribution in [0.1, 0.15) is 34.8 Å². The normalized spacial score (nSPS) is 10.2. The van der Waals surface area contributed by atoms with Crippen molar-refractivity contribution in [2.45, 2.75) is 26.3 Å². The Morgan fingerprint density at radius 1 is 0.848 bits per heavy atom. The molecule has 0 fully saturated rings. The zero-order valence-electron chi connectivity index (χ0n) is 18.4. The van der Waals surface area contributed by atoms with Crippen LogP contribution in [0.15, 0.2) is 78.9 Å². The van der Waals surface area contributed by atoms with Crippen LogP contribution in [0.25, 0.3) is 0 Å². The van der Waals surface area contributed by atoms with Crippen LogP contribution in [0.4, 0.5) is 10.5 Å². The third kappa shape index (κ3) is 7.81. The quantitative estimate of drug-likeness (QED) is 0.366. The molecule has 0 spiro atoms. The van der Waals surface area contributed by atoms with Gasteiger partial charge in [0.1, 0.15) is 5.75 Å². The maximum Gasteiger partial charge on any atom is 0.513 e. The standard InChI is InChI=1S/C26H26N2O5/c1-2-32-26(31)33-23-14-12-21(13-15-23)25(30)28-22-10-6-9-20(17-22)18-27-24(29)16-11-19-7-4-3-5-8-19/h3-10,12-15,17H,2,11,16,18H2,1H3,(H,27,29)(H,28,30). The number of benzene rings is 3. The summed E-state index contributed by atoms with van der Waals surface area (Å²) in [6.45, 7) is 2.27. The summed E-state index contributed by atoms with van der Waals surface area (Å²) in [4.78, 5) is 36.0. The Hall–Kier alpha value is -4.13. The first-order valence-electron chi connectivity index (χ1n) is 10.7. The van der Waals surface area contributed by atoms with E-state index in [0.717, 1.165) is 11.1 Å². The van der Waals surface area contributed by atoms with Crippen molar-refractivity contribution in [3.8, 4) is 5.75 Å². The fourth-order valence-corrected chi connectivity index (χ4v) is 3.07. The van der Waals surface area contributed by atoms with Crippen molar-refractivity contribution < 1.29 is 23.9 Å². The SMILES string of the molecule is CCOC(=O)Oc1ccc(C(=O)Nc2cccc(CNC(=O)CCc3ccccc3)c2)cc1. The molecule has 7 heteroatoms. The topological polar surface area (TPSA) is 93.7 Å². The van der Waals surface area contributed by atoms with Crippen molar-refractivity contribution in [2.75, 3.05) is 11.9 Å². The van der Waals surface area contributed by atoms with Gasteiger partial charge in [-0.1, -0.05) is 42.5 Å². The van der Waals surface area contributed by atoms with Crippen LogP contribution >= 0.6 is 0 Å². The summed E-state index contributed by atoms with van der Waals surface area (Å²) < 4.78 is 9.70. The number of amides is 2. The van der Waals surface area contributed by atoms with Crippen LogP contribution in [0.3, 0.4) is 0 Å². The van der Waals surface area contributed by atoms with Gasteiger partial charge in [0.05, 0.1) is 6.61 Å². The largest absolute Gasteiger partial charge is 0.513 e. The van der Waals surface area contributed by atoms with Crippen LogP contribution in [0.2, 0.25) is 0 Å². The first-order chi connectivity index (χ1) is 16.0. The van der Waals surface area contributed by atoms with Crippen LogP contribution in [-0.4, -0.2) is 24.6 Å². The highest BCUT2D eigenvalue weighted by atomic mass is 16.7. The Bertz CT molecular complexity index is 1080. The van der Waals surface area contributed by atoms with E-state index >= 15 is 0 Å². The number of rotatable bonds is 9. The number of carbonyl (C=O) groups is 3. The van der Waals surface area contributed by atoms with E-state index in [1.807, 2.05) is 48.5 Å². The predicted molar refractivity (Wildman–Crippen MR) is 125 cm³/mol. The Morgan fingerprint density at radius 3 is 2.30 bits per heavy atom. The lowest BCUT2D eigenvalue weighted by Crippen LogP contribution is -2.23. The predicted octanol–water partition coefficient (Wildman–Crippen LogP) is 4.72. The Morgan fingerprint density at radius 2 is 1.58 bits per heavy atom. The lowest BCUT2D eigenvalue weighted by Gasteiger charge is -2.09. The molecular weight excluding hydrogens is 420 g/mol. The summed E-state index contributed by atoms with van der Waals surface area (Å²) in [5, 5.41) is 5.74. The van der Waals surface area contributed by atoms with Gasteiger partial charge >= 0.3 is 6.16 Å². The van der Waals surface area contributed by atoms with E-state index in [9.17, 15) is 14.4 Å². The van der Waals surface area contributed by atoms with Gasteiger partial charge in [0.15, 0.2) is 0 Å². The van der Waals surface area contributed by atoms with Crippen molar-refractivity contribution in [3.63, 3.8) is 0 Å². The maximum atomic E-state index is 12.5. The molecule has 7 nitrogen and oxygen atoms in total. The first-order valence-corrected chi connectivity index (χ1v) is 10.7. The minimum Gasteiger partial charge on any atom is -0.434 e. The molecule has 0 radical (unpaired) electrons. The molecule has 33 heavy (non-hydrogen) atoms. The van der Waals surface area contributed by atoms with Crippen molar-refractivity contribution in [1.82, 2.24) is 5.32 Å². The highest BCUT2D eigenvalue weighted by Crippen LogP contribution is 2.16. The molecule has 0 aliphatic carbocycles. The Kier molecular flexibility index (Phi) is 8.59. The molecule has 0 atom stereocenters. The van der Waals surface area contributed by atoms with E-state index in [4.69, 9.17) is 9.47 Å². The number of anilines is 1. The molecule has 0 aliphatic heterocycles. The molecular formula is C26H26N2O5. The van der Waals surface area contributed by atoms with Gasteiger partial charge in [-0.2, -0.15) is 0 Å². The van der Waals surface area contributed by atoms with Gasteiger partial charge in [-0.05, 0) is 60.9 Å². The van der Waals surface area contributed by atoms with E-state index in [-0.39, 0.29) is 24.2 Å². The molecule has 2 amide bonds. The number of aryl methyl sites for hydroxylation is 1. The Balaban J connectivity index is 1.49. The van der Waals surface area contributed by atoms with E-state index in [0.29, 0.717) is 30.6 Å². The van der Waals surface area contributed by atoms with Crippen LogP contribution in [0, 0.1) is 0 Å². The minimum absolute atomic E-state index is 0.0292. The fourth-order valence-electron chi connectivity index (χ4n) is 3.07. The summed E-state index contributed by atoms with van der Waals surface area (Å²) in [7, 11) is 0. The molecule has 0 unspecified atom stereocenters. The van der Waals surface area contributed by atoms with Crippen molar-refractivity contribution in [1.29, 1.82) is 0 Å². The molecule has 0 bridgehead atoms. The number of carbonyl (C=O) groups excluding carboxylic acids is 3. The highest BCUT2D eigenvalue weighted by Gasteiger charge is 2.09. The van der Waals surface area contributed by atoms with Crippen LogP contribution in [0.5, 0.6) is 5.75 Å². The zero-order valence-corrected chi connectivity index (χ0v) is 18.4. The van der Waals surface area contributed by atoms with E-state index in [2.05, 4.69) is 10.6 Å². The minimum atomic E-state index is -0.793. The zero-order chi connectivity index (χ0) is 23.5. The monoisotopic (exact) mass is 446 g/mol. The summed E-state index contributed by atoms with van der Waals surface area (Å²) in [5.41, 5.74) is 3.02. The number of ether oxygens (including phenoxy) is 2. The van der Waals surface area contributed by atoms with E-state index in [1.54, 1.807) is 25.1 Å². The summed E-state index contributed by atoms with van der Waals surface area (Å²) in [6, 6.07) is 23.3. The number of hydrogen-bond acceptors (Lipinski definition) is 5. The smallest absolute Gasteiger partial charge is 0.434 e. The molecule has 3 aromatic rings. The average Bonchev–Trinajstić information content (AvgIpc) is 2.83. The van der Waals surface area contributed by atoms with Gasteiger partial charge < -0.3 is 20.1 Å². The van der Waals surface area contributed by atoms with E-state index in [1.165, 1.54) is 12.1 Å². The van der Waals surface area contributed by atoms with Crippen LogP contribution in [-0.2, 0) is 22.5 Å². The molecule has 0 aromatic heterocycles. The average molecular weight is 447 g/mol. The summed E-state index contributed by atoms with van der Waals surface area (Å²) in [6.07, 6.45) is 0.307. The first kappa shape index (κ1) is 23.5. The molecule has 170 valence electrons. The molecule has 3 aromatic carbocycles. The maximum absolute atomic E-state index is 12.5.